The molecule has 8 heteroatoms. The second-order valence-electron chi connectivity index (χ2n) is 7.09. The van der Waals surface area contributed by atoms with Crippen LogP contribution in [0.15, 0.2) is 29.3 Å². The Bertz CT molecular complexity index is 607. The van der Waals surface area contributed by atoms with Crippen molar-refractivity contribution in [3.63, 3.8) is 0 Å². The first-order chi connectivity index (χ1) is 13.3. The van der Waals surface area contributed by atoms with E-state index in [0.717, 1.165) is 63.5 Å². The third kappa shape index (κ3) is 6.98. The van der Waals surface area contributed by atoms with Crippen molar-refractivity contribution >= 4 is 5.96 Å². The minimum Gasteiger partial charge on any atom is -0.357 e. The summed E-state index contributed by atoms with van der Waals surface area (Å²) >= 11 is 0. The minimum atomic E-state index is -4.31. The van der Waals surface area contributed by atoms with Gasteiger partial charge < -0.3 is 15.5 Å². The average molecular weight is 400 g/mol. The van der Waals surface area contributed by atoms with E-state index in [2.05, 4.69) is 39.3 Å². The number of rotatable bonds is 7. The summed E-state index contributed by atoms with van der Waals surface area (Å²) in [5.41, 5.74) is 0.108. The molecule has 1 aromatic carbocycles. The molecule has 158 valence electrons. The zero-order chi connectivity index (χ0) is 20.6. The smallest absolute Gasteiger partial charge is 0.357 e. The monoisotopic (exact) mass is 399 g/mol. The van der Waals surface area contributed by atoms with Crippen molar-refractivity contribution < 1.29 is 13.2 Å². The average Bonchev–Trinajstić information content (AvgIpc) is 2.69. The highest BCUT2D eigenvalue weighted by Gasteiger charge is 2.29. The summed E-state index contributed by atoms with van der Waals surface area (Å²) in [6.45, 7) is 13.6. The van der Waals surface area contributed by atoms with Gasteiger partial charge in [0, 0.05) is 45.3 Å². The fourth-order valence-electron chi connectivity index (χ4n) is 3.21. The molecule has 0 bridgehead atoms. The maximum absolute atomic E-state index is 12.7. The van der Waals surface area contributed by atoms with Gasteiger partial charge in [0.1, 0.15) is 0 Å². The number of hydrogen-bond acceptors (Lipinski definition) is 3. The van der Waals surface area contributed by atoms with Crippen molar-refractivity contribution in [3.05, 3.63) is 35.4 Å². The maximum Gasteiger partial charge on any atom is 0.416 e. The molecule has 0 aromatic heterocycles. The van der Waals surface area contributed by atoms with E-state index in [4.69, 9.17) is 0 Å². The largest absolute Gasteiger partial charge is 0.416 e. The van der Waals surface area contributed by atoms with E-state index in [-0.39, 0.29) is 0 Å². The van der Waals surface area contributed by atoms with Crippen molar-refractivity contribution in [2.45, 2.75) is 39.5 Å². The lowest BCUT2D eigenvalue weighted by Crippen LogP contribution is -2.53. The van der Waals surface area contributed by atoms with Crippen LogP contribution in [0, 0.1) is 0 Å². The number of piperazine rings is 1. The van der Waals surface area contributed by atoms with Crippen LogP contribution in [0.4, 0.5) is 13.2 Å². The molecule has 5 nitrogen and oxygen atoms in total. The molecular formula is C20H32F3N5. The van der Waals surface area contributed by atoms with E-state index in [9.17, 15) is 13.2 Å². The highest BCUT2D eigenvalue weighted by atomic mass is 19.4. The first-order valence-electron chi connectivity index (χ1n) is 9.98. The van der Waals surface area contributed by atoms with Gasteiger partial charge in [0.15, 0.2) is 5.96 Å². The Kier molecular flexibility index (Phi) is 8.57. The van der Waals surface area contributed by atoms with Crippen LogP contribution in [-0.4, -0.2) is 67.6 Å². The highest BCUT2D eigenvalue weighted by Crippen LogP contribution is 2.29. The van der Waals surface area contributed by atoms with Gasteiger partial charge in [0.25, 0.3) is 0 Å². The topological polar surface area (TPSA) is 42.9 Å². The zero-order valence-corrected chi connectivity index (χ0v) is 17.0. The van der Waals surface area contributed by atoms with Crippen LogP contribution in [0.2, 0.25) is 0 Å². The first-order valence-corrected chi connectivity index (χ1v) is 9.98. The van der Waals surface area contributed by atoms with Gasteiger partial charge in [-0.2, -0.15) is 13.2 Å². The predicted molar refractivity (Wildman–Crippen MR) is 107 cm³/mol. The number of alkyl halides is 3. The molecule has 28 heavy (non-hydrogen) atoms. The van der Waals surface area contributed by atoms with Crippen LogP contribution in [0.5, 0.6) is 0 Å². The third-order valence-electron chi connectivity index (χ3n) is 5.09. The van der Waals surface area contributed by atoms with Gasteiger partial charge in [-0.15, -0.1) is 0 Å². The minimum absolute atomic E-state index is 0.330. The van der Waals surface area contributed by atoms with Gasteiger partial charge in [-0.25, -0.2) is 4.99 Å². The summed E-state index contributed by atoms with van der Waals surface area (Å²) < 4.78 is 38.0. The second kappa shape index (κ2) is 10.7. The number of guanidine groups is 1. The molecule has 0 amide bonds. The van der Waals surface area contributed by atoms with Crippen molar-refractivity contribution in [1.29, 1.82) is 0 Å². The number of nitrogens with one attached hydrogen (secondary N) is 2. The fraction of sp³-hybridized carbons (Fsp3) is 0.650. The maximum atomic E-state index is 12.7. The molecule has 1 heterocycles. The second-order valence-corrected chi connectivity index (χ2v) is 7.09. The highest BCUT2D eigenvalue weighted by molar-refractivity contribution is 5.79. The first kappa shape index (κ1) is 22.5. The van der Waals surface area contributed by atoms with Gasteiger partial charge in [0.2, 0.25) is 0 Å². The number of nitrogens with zero attached hydrogens (tertiary/aromatic N) is 3. The summed E-state index contributed by atoms with van der Waals surface area (Å²) in [4.78, 5) is 9.43. The van der Waals surface area contributed by atoms with Crippen molar-refractivity contribution in [2.75, 3.05) is 45.8 Å². The van der Waals surface area contributed by atoms with E-state index in [0.29, 0.717) is 18.5 Å². The van der Waals surface area contributed by atoms with Crippen LogP contribution in [0.25, 0.3) is 0 Å². The van der Waals surface area contributed by atoms with Crippen LogP contribution in [0.3, 0.4) is 0 Å². The molecule has 2 N–H and O–H groups in total. The Morgan fingerprint density at radius 1 is 1.07 bits per heavy atom. The summed E-state index contributed by atoms with van der Waals surface area (Å²) in [6.07, 6.45) is -4.31. The molecule has 1 aliphatic heterocycles. The summed E-state index contributed by atoms with van der Waals surface area (Å²) in [5, 5.41) is 6.55. The zero-order valence-electron chi connectivity index (χ0n) is 17.0. The molecule has 1 aliphatic rings. The predicted octanol–water partition coefficient (Wildman–Crippen LogP) is 2.79. The lowest BCUT2D eigenvalue weighted by molar-refractivity contribution is -0.137. The van der Waals surface area contributed by atoms with Crippen molar-refractivity contribution in [3.8, 4) is 0 Å². The summed E-state index contributed by atoms with van der Waals surface area (Å²) in [7, 11) is 0. The third-order valence-corrected chi connectivity index (χ3v) is 5.09. The Morgan fingerprint density at radius 3 is 2.25 bits per heavy atom. The van der Waals surface area contributed by atoms with Gasteiger partial charge >= 0.3 is 6.18 Å². The number of halogens is 3. The molecule has 1 fully saturated rings. The van der Waals surface area contributed by atoms with Crippen molar-refractivity contribution in [2.24, 2.45) is 4.99 Å². The van der Waals surface area contributed by atoms with Gasteiger partial charge in [-0.05, 0) is 38.1 Å². The molecular weight excluding hydrogens is 367 g/mol. The van der Waals surface area contributed by atoms with Crippen molar-refractivity contribution in [1.82, 2.24) is 20.4 Å². The summed E-state index contributed by atoms with van der Waals surface area (Å²) in [6, 6.07) is 5.54. The van der Waals surface area contributed by atoms with E-state index >= 15 is 0 Å². The number of likely N-dealkylation sites (N-methyl/N-ethyl adjacent to an activating group) is 1. The lowest BCUT2D eigenvalue weighted by Gasteiger charge is -2.37. The number of aliphatic imine (C=N–C) groups is 1. The molecule has 2 rings (SSSR count). The SMILES string of the molecule is CCNC(=NCc1ccc(C(F)(F)F)cc1)NCC(C)N1CCN(CC)CC1. The number of hydrogen-bond donors (Lipinski definition) is 2. The number of benzene rings is 1. The molecule has 1 aromatic rings. The quantitative estimate of drug-likeness (QED) is 0.547. The lowest BCUT2D eigenvalue weighted by atomic mass is 10.1. The molecule has 1 atom stereocenters. The normalized spacial score (nSPS) is 18.1. The van der Waals surface area contributed by atoms with Crippen LogP contribution < -0.4 is 10.6 Å². The van der Waals surface area contributed by atoms with E-state index in [1.165, 1.54) is 12.1 Å². The van der Waals surface area contributed by atoms with Gasteiger partial charge in [-0.3, -0.25) is 4.90 Å². The van der Waals surface area contributed by atoms with Crippen LogP contribution in [0.1, 0.15) is 31.9 Å². The van der Waals surface area contributed by atoms with E-state index in [1.807, 2.05) is 6.92 Å². The molecule has 1 unspecified atom stereocenters. The van der Waals surface area contributed by atoms with Gasteiger partial charge in [-0.1, -0.05) is 19.1 Å². The fourth-order valence-corrected chi connectivity index (χ4v) is 3.21. The van der Waals surface area contributed by atoms with E-state index in [1.54, 1.807) is 0 Å². The Hall–Kier alpha value is -1.80. The Labute approximate surface area is 166 Å². The molecule has 1 saturated heterocycles. The molecule has 0 spiro atoms. The van der Waals surface area contributed by atoms with Gasteiger partial charge in [0.05, 0.1) is 12.1 Å². The van der Waals surface area contributed by atoms with E-state index < -0.39 is 11.7 Å². The van der Waals surface area contributed by atoms with Crippen LogP contribution in [-0.2, 0) is 12.7 Å². The molecule has 0 aliphatic carbocycles. The molecule has 0 saturated carbocycles. The standard InChI is InChI=1S/C20H32F3N5/c1-4-24-19(25-14-16(3)28-12-10-27(5-2)11-13-28)26-15-17-6-8-18(9-7-17)20(21,22)23/h6-9,16H,4-5,10-15H2,1-3H3,(H2,24,25,26). The Morgan fingerprint density at radius 2 is 1.71 bits per heavy atom. The van der Waals surface area contributed by atoms with Crippen LogP contribution >= 0.6 is 0 Å². The summed E-state index contributed by atoms with van der Waals surface area (Å²) in [5.74, 6) is 0.682. The molecule has 0 radical (unpaired) electrons. The Balaban J connectivity index is 1.86.